The van der Waals surface area contributed by atoms with Crippen LogP contribution in [0.25, 0.3) is 0 Å². The van der Waals surface area contributed by atoms with Crippen molar-refractivity contribution in [1.82, 2.24) is 5.43 Å². The van der Waals surface area contributed by atoms with Crippen LogP contribution < -0.4 is 10.7 Å². The minimum absolute atomic E-state index is 0.00661. The number of anilines is 1. The summed E-state index contributed by atoms with van der Waals surface area (Å²) in [5.74, 6) is -0.810. The lowest BCUT2D eigenvalue weighted by atomic mass is 10.2. The molecule has 0 atom stereocenters. The number of rotatable bonds is 7. The first-order valence-electron chi connectivity index (χ1n) is 8.08. The van der Waals surface area contributed by atoms with Gasteiger partial charge in [0.05, 0.1) is 11.1 Å². The average molecular weight is 423 g/mol. The number of hydrazone groups is 1. The Morgan fingerprint density at radius 2 is 1.86 bits per heavy atom. The third-order valence-electron chi connectivity index (χ3n) is 3.69. The summed E-state index contributed by atoms with van der Waals surface area (Å²) in [7, 11) is 0. The van der Waals surface area contributed by atoms with E-state index in [2.05, 4.69) is 15.8 Å². The normalized spacial score (nSPS) is 10.7. The lowest BCUT2D eigenvalue weighted by Crippen LogP contribution is -2.20. The van der Waals surface area contributed by atoms with Crippen molar-refractivity contribution in [2.75, 3.05) is 5.32 Å². The van der Waals surface area contributed by atoms with Gasteiger partial charge < -0.3 is 5.32 Å². The molecule has 0 aromatic heterocycles. The summed E-state index contributed by atoms with van der Waals surface area (Å²) in [4.78, 5) is 34.0. The highest BCUT2D eigenvalue weighted by Crippen LogP contribution is 2.24. The highest BCUT2D eigenvalue weighted by Gasteiger charge is 2.12. The Morgan fingerprint density at radius 1 is 1.14 bits per heavy atom. The largest absolute Gasteiger partial charge is 0.326 e. The molecule has 0 unspecified atom stereocenters. The molecule has 0 fully saturated rings. The van der Waals surface area contributed by atoms with Crippen LogP contribution in [0.2, 0.25) is 10.0 Å². The van der Waals surface area contributed by atoms with Crippen LogP contribution in [-0.4, -0.2) is 23.0 Å². The van der Waals surface area contributed by atoms with Crippen LogP contribution >= 0.6 is 23.2 Å². The Hall–Kier alpha value is -2.97. The molecule has 2 rings (SSSR count). The topological polar surface area (TPSA) is 114 Å². The first-order valence-corrected chi connectivity index (χ1v) is 8.84. The van der Waals surface area contributed by atoms with E-state index in [4.69, 9.17) is 23.2 Å². The van der Waals surface area contributed by atoms with Gasteiger partial charge >= 0.3 is 0 Å². The van der Waals surface area contributed by atoms with E-state index in [0.29, 0.717) is 16.3 Å². The SMILES string of the molecule is Cc1c(Cl)cccc1NC(=O)CCC(=O)N/N=C/c1ccc(Cl)c([N+](=O)[O-])c1. The molecule has 10 heteroatoms. The van der Waals surface area contributed by atoms with Gasteiger partial charge in [-0.3, -0.25) is 19.7 Å². The Kier molecular flexibility index (Phi) is 7.48. The standard InChI is InChI=1S/C18H16Cl2N4O4/c1-11-13(19)3-2-4-15(11)22-17(25)7-8-18(26)23-21-10-12-5-6-14(20)16(9-12)24(27)28/h2-6,9-10H,7-8H2,1H3,(H,22,25)(H,23,26)/b21-10+. The van der Waals surface area contributed by atoms with Crippen molar-refractivity contribution in [3.63, 3.8) is 0 Å². The highest BCUT2D eigenvalue weighted by atomic mass is 35.5. The van der Waals surface area contributed by atoms with Crippen LogP contribution in [0, 0.1) is 17.0 Å². The summed E-state index contributed by atoms with van der Waals surface area (Å²) in [5.41, 5.74) is 3.72. The summed E-state index contributed by atoms with van der Waals surface area (Å²) in [6.45, 7) is 1.78. The monoisotopic (exact) mass is 422 g/mol. The van der Waals surface area contributed by atoms with Gasteiger partial charge in [-0.2, -0.15) is 5.10 Å². The van der Waals surface area contributed by atoms with Crippen LogP contribution in [0.15, 0.2) is 41.5 Å². The number of hydrogen-bond donors (Lipinski definition) is 2. The highest BCUT2D eigenvalue weighted by molar-refractivity contribution is 6.32. The molecule has 8 nitrogen and oxygen atoms in total. The number of benzene rings is 2. The number of nitrogens with one attached hydrogen (secondary N) is 2. The van der Waals surface area contributed by atoms with Gasteiger partial charge in [0.15, 0.2) is 0 Å². The van der Waals surface area contributed by atoms with Crippen LogP contribution in [0.4, 0.5) is 11.4 Å². The third-order valence-corrected chi connectivity index (χ3v) is 4.42. The predicted octanol–water partition coefficient (Wildman–Crippen LogP) is 4.08. The van der Waals surface area contributed by atoms with Crippen molar-refractivity contribution < 1.29 is 14.5 Å². The molecule has 0 saturated carbocycles. The molecule has 0 aliphatic carbocycles. The molecule has 28 heavy (non-hydrogen) atoms. The van der Waals surface area contributed by atoms with Crippen molar-refractivity contribution >= 4 is 52.6 Å². The predicted molar refractivity (Wildman–Crippen MR) is 108 cm³/mol. The number of carbonyl (C=O) groups excluding carboxylic acids is 2. The van der Waals surface area contributed by atoms with E-state index in [1.165, 1.54) is 24.4 Å². The summed E-state index contributed by atoms with van der Waals surface area (Å²) in [6, 6.07) is 9.27. The number of amides is 2. The molecule has 0 aliphatic rings. The quantitative estimate of drug-likeness (QED) is 0.397. The van der Waals surface area contributed by atoms with Crippen LogP contribution in [0.1, 0.15) is 24.0 Å². The number of halogens is 2. The van der Waals surface area contributed by atoms with Gasteiger partial charge in [0, 0.05) is 35.2 Å². The summed E-state index contributed by atoms with van der Waals surface area (Å²) < 4.78 is 0. The molecular weight excluding hydrogens is 407 g/mol. The zero-order chi connectivity index (χ0) is 20.7. The Balaban J connectivity index is 1.83. The summed E-state index contributed by atoms with van der Waals surface area (Å²) >= 11 is 11.7. The van der Waals surface area contributed by atoms with Gasteiger partial charge in [-0.05, 0) is 30.7 Å². The van der Waals surface area contributed by atoms with Gasteiger partial charge in [0.1, 0.15) is 5.02 Å². The minimum atomic E-state index is -0.613. The second-order valence-corrected chi connectivity index (χ2v) is 6.54. The molecule has 2 aromatic rings. The van der Waals surface area contributed by atoms with E-state index in [1.807, 2.05) is 0 Å². The second-order valence-electron chi connectivity index (χ2n) is 5.72. The lowest BCUT2D eigenvalue weighted by molar-refractivity contribution is -0.384. The molecule has 2 N–H and O–H groups in total. The lowest BCUT2D eigenvalue weighted by Gasteiger charge is -2.09. The van der Waals surface area contributed by atoms with Gasteiger partial charge in [-0.15, -0.1) is 0 Å². The van der Waals surface area contributed by atoms with Crippen molar-refractivity contribution in [3.8, 4) is 0 Å². The van der Waals surface area contributed by atoms with Gasteiger partial charge in [0.25, 0.3) is 5.69 Å². The molecule has 0 bridgehead atoms. The van der Waals surface area contributed by atoms with E-state index < -0.39 is 10.8 Å². The second kappa shape index (κ2) is 9.82. The number of carbonyl (C=O) groups is 2. The maximum Gasteiger partial charge on any atom is 0.288 e. The van der Waals surface area contributed by atoms with Crippen LogP contribution in [0.3, 0.4) is 0 Å². The first kappa shape index (κ1) is 21.3. The maximum absolute atomic E-state index is 12.0. The van der Waals surface area contributed by atoms with Crippen molar-refractivity contribution in [2.45, 2.75) is 19.8 Å². The maximum atomic E-state index is 12.0. The summed E-state index contributed by atoms with van der Waals surface area (Å²) in [5, 5.41) is 17.8. The van der Waals surface area contributed by atoms with E-state index in [-0.39, 0.29) is 29.5 Å². The molecule has 2 amide bonds. The smallest absolute Gasteiger partial charge is 0.288 e. The zero-order valence-corrected chi connectivity index (χ0v) is 16.3. The van der Waals surface area contributed by atoms with Gasteiger partial charge in [-0.25, -0.2) is 5.43 Å². The Morgan fingerprint density at radius 3 is 2.57 bits per heavy atom. The number of nitrogens with zero attached hydrogens (tertiary/aromatic N) is 2. The average Bonchev–Trinajstić information content (AvgIpc) is 2.65. The fraction of sp³-hybridized carbons (Fsp3) is 0.167. The number of nitro groups is 1. The number of hydrogen-bond acceptors (Lipinski definition) is 5. The van der Waals surface area contributed by atoms with Crippen molar-refractivity contribution in [2.24, 2.45) is 5.10 Å². The summed E-state index contributed by atoms with van der Waals surface area (Å²) in [6.07, 6.45) is 1.12. The third kappa shape index (κ3) is 6.04. The molecule has 2 aromatic carbocycles. The molecule has 0 aliphatic heterocycles. The Labute approximate surface area is 170 Å². The fourth-order valence-electron chi connectivity index (χ4n) is 2.17. The molecule has 0 saturated heterocycles. The molecule has 0 radical (unpaired) electrons. The molecular formula is C18H16Cl2N4O4. The minimum Gasteiger partial charge on any atom is -0.326 e. The van der Waals surface area contributed by atoms with E-state index in [0.717, 1.165) is 5.56 Å². The molecule has 0 heterocycles. The van der Waals surface area contributed by atoms with Crippen molar-refractivity contribution in [3.05, 3.63) is 67.7 Å². The molecule has 0 spiro atoms. The fourth-order valence-corrected chi connectivity index (χ4v) is 2.53. The van der Waals surface area contributed by atoms with E-state index >= 15 is 0 Å². The first-order chi connectivity index (χ1) is 13.3. The van der Waals surface area contributed by atoms with E-state index in [1.54, 1.807) is 25.1 Å². The van der Waals surface area contributed by atoms with Crippen LogP contribution in [0.5, 0.6) is 0 Å². The zero-order valence-electron chi connectivity index (χ0n) is 14.7. The number of nitro benzene ring substituents is 1. The Bertz CT molecular complexity index is 947. The van der Waals surface area contributed by atoms with Crippen LogP contribution in [-0.2, 0) is 9.59 Å². The molecule has 146 valence electrons. The van der Waals surface area contributed by atoms with Crippen molar-refractivity contribution in [1.29, 1.82) is 0 Å². The van der Waals surface area contributed by atoms with E-state index in [9.17, 15) is 19.7 Å². The van der Waals surface area contributed by atoms with Gasteiger partial charge in [0.2, 0.25) is 11.8 Å². The van der Waals surface area contributed by atoms with Gasteiger partial charge in [-0.1, -0.05) is 35.3 Å².